The first-order chi connectivity index (χ1) is 8.17. The van der Waals surface area contributed by atoms with Crippen molar-refractivity contribution < 1.29 is 14.9 Å². The van der Waals surface area contributed by atoms with Gasteiger partial charge in [-0.2, -0.15) is 0 Å². The molecule has 2 rings (SSSR count). The molecule has 0 amide bonds. The van der Waals surface area contributed by atoms with Crippen molar-refractivity contribution in [2.24, 2.45) is 5.92 Å². The predicted molar refractivity (Wildman–Crippen MR) is 65.6 cm³/mol. The summed E-state index contributed by atoms with van der Waals surface area (Å²) < 4.78 is 5.87. The average molecular weight is 243 g/mol. The van der Waals surface area contributed by atoms with Crippen molar-refractivity contribution in [1.82, 2.24) is 5.32 Å². The highest BCUT2D eigenvalue weighted by atomic mass is 16.5. The molecule has 17 heavy (non-hydrogen) atoms. The van der Waals surface area contributed by atoms with Gasteiger partial charge in [-0.1, -0.05) is 19.8 Å². The molecule has 0 aromatic heterocycles. The van der Waals surface area contributed by atoms with Gasteiger partial charge in [-0.15, -0.1) is 0 Å². The summed E-state index contributed by atoms with van der Waals surface area (Å²) in [5, 5.41) is 22.1. The molecule has 1 heterocycles. The molecule has 1 saturated heterocycles. The van der Waals surface area contributed by atoms with E-state index in [0.717, 1.165) is 18.8 Å². The number of aliphatic hydroxyl groups is 2. The Morgan fingerprint density at radius 1 is 1.24 bits per heavy atom. The van der Waals surface area contributed by atoms with Crippen molar-refractivity contribution in [3.05, 3.63) is 0 Å². The molecule has 0 atom stereocenters. The van der Waals surface area contributed by atoms with Gasteiger partial charge < -0.3 is 14.9 Å². The predicted octanol–water partition coefficient (Wildman–Crippen LogP) is 1.02. The number of hydrogen-bond donors (Lipinski definition) is 3. The monoisotopic (exact) mass is 243 g/mol. The van der Waals surface area contributed by atoms with E-state index < -0.39 is 5.54 Å². The van der Waals surface area contributed by atoms with Gasteiger partial charge in [-0.25, -0.2) is 0 Å². The highest BCUT2D eigenvalue weighted by Gasteiger charge is 2.49. The molecule has 1 aliphatic carbocycles. The summed E-state index contributed by atoms with van der Waals surface area (Å²) in [4.78, 5) is 0. The van der Waals surface area contributed by atoms with Gasteiger partial charge in [0, 0.05) is 0 Å². The van der Waals surface area contributed by atoms with Gasteiger partial charge in [0.2, 0.25) is 0 Å². The van der Waals surface area contributed by atoms with Crippen LogP contribution in [0, 0.1) is 5.92 Å². The van der Waals surface area contributed by atoms with Crippen LogP contribution >= 0.6 is 0 Å². The van der Waals surface area contributed by atoms with Crippen LogP contribution in [-0.2, 0) is 4.74 Å². The number of hydrogen-bond acceptors (Lipinski definition) is 4. The molecular formula is C13H25NO3. The van der Waals surface area contributed by atoms with E-state index in [1.54, 1.807) is 0 Å². The topological polar surface area (TPSA) is 61.7 Å². The van der Waals surface area contributed by atoms with E-state index in [4.69, 9.17) is 4.74 Å². The lowest BCUT2D eigenvalue weighted by atomic mass is 9.81. The lowest BCUT2D eigenvalue weighted by Crippen LogP contribution is -2.57. The molecule has 4 heteroatoms. The molecule has 0 radical (unpaired) electrons. The highest BCUT2D eigenvalue weighted by molar-refractivity contribution is 5.01. The number of nitrogens with one attached hydrogen (secondary N) is 1. The molecule has 1 saturated carbocycles. The van der Waals surface area contributed by atoms with Crippen LogP contribution in [0.4, 0.5) is 0 Å². The van der Waals surface area contributed by atoms with Crippen LogP contribution in [0.15, 0.2) is 0 Å². The molecular weight excluding hydrogens is 218 g/mol. The Kier molecular flexibility index (Phi) is 4.08. The van der Waals surface area contributed by atoms with E-state index in [-0.39, 0.29) is 18.9 Å². The van der Waals surface area contributed by atoms with Gasteiger partial charge in [-0.3, -0.25) is 5.32 Å². The summed E-state index contributed by atoms with van der Waals surface area (Å²) in [6.45, 7) is 2.52. The quantitative estimate of drug-likeness (QED) is 0.690. The number of ether oxygens (including phenoxy) is 1. The van der Waals surface area contributed by atoms with E-state index in [0.29, 0.717) is 6.61 Å². The molecule has 100 valence electrons. The lowest BCUT2D eigenvalue weighted by Gasteiger charge is -2.38. The van der Waals surface area contributed by atoms with Crippen molar-refractivity contribution in [3.8, 4) is 0 Å². The van der Waals surface area contributed by atoms with E-state index in [2.05, 4.69) is 12.2 Å². The van der Waals surface area contributed by atoms with Crippen molar-refractivity contribution in [2.45, 2.75) is 56.7 Å². The number of rotatable bonds is 4. The summed E-state index contributed by atoms with van der Waals surface area (Å²) in [5.41, 5.74) is -0.909. The second-order valence-electron chi connectivity index (χ2n) is 5.74. The summed E-state index contributed by atoms with van der Waals surface area (Å²) in [7, 11) is 0. The van der Waals surface area contributed by atoms with Gasteiger partial charge in [0.1, 0.15) is 5.72 Å². The third-order valence-electron chi connectivity index (χ3n) is 4.33. The smallest absolute Gasteiger partial charge is 0.119 e. The molecule has 2 aliphatic rings. The summed E-state index contributed by atoms with van der Waals surface area (Å²) in [6, 6.07) is 0. The van der Waals surface area contributed by atoms with Crippen LogP contribution in [-0.4, -0.2) is 41.3 Å². The molecule has 3 N–H and O–H groups in total. The van der Waals surface area contributed by atoms with Crippen LogP contribution in [0.1, 0.15) is 45.4 Å². The maximum atomic E-state index is 9.36. The molecule has 1 spiro atoms. The molecule has 0 aromatic carbocycles. The largest absolute Gasteiger partial charge is 0.394 e. The third kappa shape index (κ3) is 2.65. The Bertz CT molecular complexity index is 245. The Balaban J connectivity index is 1.91. The van der Waals surface area contributed by atoms with Crippen molar-refractivity contribution in [1.29, 1.82) is 0 Å². The normalized spacial score (nSPS) is 36.5. The zero-order valence-electron chi connectivity index (χ0n) is 10.7. The average Bonchev–Trinajstić information content (AvgIpc) is 2.73. The number of aliphatic hydroxyl groups excluding tert-OH is 2. The fourth-order valence-electron chi connectivity index (χ4n) is 3.16. The van der Waals surface area contributed by atoms with Crippen LogP contribution in [0.3, 0.4) is 0 Å². The van der Waals surface area contributed by atoms with Crippen LogP contribution in [0.2, 0.25) is 0 Å². The lowest BCUT2D eigenvalue weighted by molar-refractivity contribution is -0.0490. The molecule has 4 nitrogen and oxygen atoms in total. The maximum Gasteiger partial charge on any atom is 0.119 e. The summed E-state index contributed by atoms with van der Waals surface area (Å²) in [6.07, 6.45) is 6.94. The Labute approximate surface area is 103 Å². The van der Waals surface area contributed by atoms with Gasteiger partial charge >= 0.3 is 0 Å². The molecule has 0 bridgehead atoms. The Hall–Kier alpha value is -0.160. The Morgan fingerprint density at radius 3 is 2.35 bits per heavy atom. The maximum absolute atomic E-state index is 9.36. The van der Waals surface area contributed by atoms with Gasteiger partial charge in [-0.05, 0) is 31.6 Å². The third-order valence-corrected chi connectivity index (χ3v) is 4.33. The van der Waals surface area contributed by atoms with Crippen molar-refractivity contribution in [3.63, 3.8) is 0 Å². The Morgan fingerprint density at radius 2 is 1.88 bits per heavy atom. The summed E-state index contributed by atoms with van der Waals surface area (Å²) >= 11 is 0. The fraction of sp³-hybridized carbons (Fsp3) is 1.00. The zero-order chi connectivity index (χ0) is 12.4. The second-order valence-corrected chi connectivity index (χ2v) is 5.74. The van der Waals surface area contributed by atoms with Gasteiger partial charge in [0.25, 0.3) is 0 Å². The van der Waals surface area contributed by atoms with Crippen LogP contribution in [0.25, 0.3) is 0 Å². The molecule has 2 fully saturated rings. The zero-order valence-corrected chi connectivity index (χ0v) is 10.7. The fourth-order valence-corrected chi connectivity index (χ4v) is 3.16. The van der Waals surface area contributed by atoms with Crippen molar-refractivity contribution >= 4 is 0 Å². The first-order valence-electron chi connectivity index (χ1n) is 6.82. The minimum Gasteiger partial charge on any atom is -0.394 e. The highest BCUT2D eigenvalue weighted by Crippen LogP contribution is 2.39. The van der Waals surface area contributed by atoms with Gasteiger partial charge in [0.05, 0.1) is 25.4 Å². The second kappa shape index (κ2) is 5.22. The molecule has 1 aliphatic heterocycles. The minimum absolute atomic E-state index is 0.0658. The standard InChI is InChI=1S/C13H25NO3/c1-2-3-11-4-6-13(7-5-11)14-12(8-15,9-16)10-17-13/h11,14-16H,2-10H2,1H3. The molecule has 0 unspecified atom stereocenters. The van der Waals surface area contributed by atoms with Gasteiger partial charge in [0.15, 0.2) is 0 Å². The van der Waals surface area contributed by atoms with E-state index in [1.165, 1.54) is 25.7 Å². The van der Waals surface area contributed by atoms with E-state index >= 15 is 0 Å². The first kappa shape index (κ1) is 13.3. The van der Waals surface area contributed by atoms with E-state index in [9.17, 15) is 10.2 Å². The molecule has 0 aromatic rings. The van der Waals surface area contributed by atoms with Crippen molar-refractivity contribution in [2.75, 3.05) is 19.8 Å². The van der Waals surface area contributed by atoms with Crippen LogP contribution < -0.4 is 5.32 Å². The SMILES string of the molecule is CCCC1CCC2(CC1)NC(CO)(CO)CO2. The van der Waals surface area contributed by atoms with E-state index in [1.807, 2.05) is 0 Å². The summed E-state index contributed by atoms with van der Waals surface area (Å²) in [5.74, 6) is 0.828. The first-order valence-corrected chi connectivity index (χ1v) is 6.82. The van der Waals surface area contributed by atoms with Crippen LogP contribution in [0.5, 0.6) is 0 Å². The minimum atomic E-state index is -0.627.